The van der Waals surface area contributed by atoms with Gasteiger partial charge in [0.1, 0.15) is 11.4 Å². The normalized spacial score (nSPS) is 18.7. The van der Waals surface area contributed by atoms with Crippen LogP contribution >= 0.6 is 22.6 Å². The topological polar surface area (TPSA) is 70.3 Å². The highest BCUT2D eigenvalue weighted by Gasteiger charge is 2.39. The average molecular weight is 405 g/mol. The summed E-state index contributed by atoms with van der Waals surface area (Å²) in [7, 11) is 0. The predicted octanol–water partition coefficient (Wildman–Crippen LogP) is 3.00. The Morgan fingerprint density at radius 3 is 2.43 bits per heavy atom. The van der Waals surface area contributed by atoms with E-state index in [4.69, 9.17) is 20.2 Å². The maximum absolute atomic E-state index is 6.13. The third-order valence-corrected chi connectivity index (χ3v) is 4.78. The van der Waals surface area contributed by atoms with Crippen LogP contribution < -0.4 is 5.73 Å². The number of nitrogens with zero attached hydrogens (tertiary/aromatic N) is 2. The molecular formula is C15H24IN3O2. The van der Waals surface area contributed by atoms with Gasteiger partial charge in [-0.05, 0) is 29.5 Å². The van der Waals surface area contributed by atoms with Crippen LogP contribution in [-0.4, -0.2) is 29.8 Å². The number of ether oxygens (including phenoxy) is 2. The van der Waals surface area contributed by atoms with Gasteiger partial charge in [-0.3, -0.25) is 0 Å². The second-order valence-electron chi connectivity index (χ2n) is 6.38. The molecule has 6 heteroatoms. The van der Waals surface area contributed by atoms with Crippen molar-refractivity contribution in [2.24, 2.45) is 0 Å². The number of aromatic nitrogens is 2. The Kier molecular flexibility index (Phi) is 5.10. The monoisotopic (exact) mass is 405 g/mol. The van der Waals surface area contributed by atoms with Gasteiger partial charge in [0.25, 0.3) is 0 Å². The summed E-state index contributed by atoms with van der Waals surface area (Å²) in [6, 6.07) is 0. The van der Waals surface area contributed by atoms with Gasteiger partial charge in [0.2, 0.25) is 0 Å². The molecule has 0 spiro atoms. The number of nitrogens with two attached hydrogens (primary N) is 1. The Morgan fingerprint density at radius 1 is 1.29 bits per heavy atom. The number of halogens is 1. The minimum absolute atomic E-state index is 0.0824. The summed E-state index contributed by atoms with van der Waals surface area (Å²) >= 11 is 2.23. The van der Waals surface area contributed by atoms with Gasteiger partial charge in [-0.1, -0.05) is 20.8 Å². The molecular weight excluding hydrogens is 381 g/mol. The van der Waals surface area contributed by atoms with Crippen LogP contribution in [0.25, 0.3) is 0 Å². The fourth-order valence-electron chi connectivity index (χ4n) is 2.58. The van der Waals surface area contributed by atoms with Crippen molar-refractivity contribution < 1.29 is 9.47 Å². The van der Waals surface area contributed by atoms with E-state index in [-0.39, 0.29) is 5.41 Å². The van der Waals surface area contributed by atoms with Crippen molar-refractivity contribution in [1.82, 2.24) is 9.97 Å². The standard InChI is InChI=1S/C15H24IN3O2/c1-5-21-15(6-8-20-9-7-15)13-18-11(14(2,3)4)10(16)12(17)19-13/h5-9H2,1-4H3,(H2,17,18,19). The number of rotatable bonds is 3. The summed E-state index contributed by atoms with van der Waals surface area (Å²) in [6.07, 6.45) is 1.54. The van der Waals surface area contributed by atoms with Crippen molar-refractivity contribution in [3.05, 3.63) is 15.1 Å². The van der Waals surface area contributed by atoms with E-state index in [1.165, 1.54) is 0 Å². The molecule has 0 saturated carbocycles. The Hall–Kier alpha value is -0.470. The van der Waals surface area contributed by atoms with Crippen LogP contribution in [0.15, 0.2) is 0 Å². The predicted molar refractivity (Wildman–Crippen MR) is 91.2 cm³/mol. The molecule has 1 fully saturated rings. The van der Waals surface area contributed by atoms with E-state index >= 15 is 0 Å². The van der Waals surface area contributed by atoms with Gasteiger partial charge in [-0.2, -0.15) is 0 Å². The summed E-state index contributed by atoms with van der Waals surface area (Å²) in [5, 5.41) is 0. The maximum atomic E-state index is 6.13. The molecule has 0 aromatic carbocycles. The Balaban J connectivity index is 2.53. The molecule has 1 aromatic rings. The first-order chi connectivity index (χ1) is 9.80. The zero-order chi connectivity index (χ0) is 15.7. The Morgan fingerprint density at radius 2 is 1.90 bits per heavy atom. The smallest absolute Gasteiger partial charge is 0.163 e. The lowest BCUT2D eigenvalue weighted by Crippen LogP contribution is -2.39. The number of nitrogen functional groups attached to an aromatic ring is 1. The van der Waals surface area contributed by atoms with Crippen molar-refractivity contribution >= 4 is 28.4 Å². The third kappa shape index (κ3) is 3.48. The first-order valence-corrected chi connectivity index (χ1v) is 8.44. The average Bonchev–Trinajstić information content (AvgIpc) is 2.41. The quantitative estimate of drug-likeness (QED) is 0.783. The molecule has 0 atom stereocenters. The molecule has 0 bridgehead atoms. The van der Waals surface area contributed by atoms with Gasteiger partial charge in [-0.15, -0.1) is 0 Å². The molecule has 1 saturated heterocycles. The second-order valence-corrected chi connectivity index (χ2v) is 7.46. The van der Waals surface area contributed by atoms with Crippen LogP contribution in [0.4, 0.5) is 5.82 Å². The van der Waals surface area contributed by atoms with E-state index in [0.717, 1.165) is 22.1 Å². The van der Waals surface area contributed by atoms with E-state index in [1.807, 2.05) is 6.92 Å². The summed E-state index contributed by atoms with van der Waals surface area (Å²) in [6.45, 7) is 10.4. The van der Waals surface area contributed by atoms with Crippen LogP contribution in [0.5, 0.6) is 0 Å². The minimum atomic E-state index is -0.467. The lowest BCUT2D eigenvalue weighted by atomic mass is 9.89. The van der Waals surface area contributed by atoms with E-state index in [2.05, 4.69) is 48.3 Å². The van der Waals surface area contributed by atoms with E-state index in [9.17, 15) is 0 Å². The van der Waals surface area contributed by atoms with Crippen LogP contribution in [0, 0.1) is 3.57 Å². The summed E-state index contributed by atoms with van der Waals surface area (Å²) < 4.78 is 12.5. The SMILES string of the molecule is CCOC1(c2nc(N)c(I)c(C(C)(C)C)n2)CCOCC1. The fraction of sp³-hybridized carbons (Fsp3) is 0.733. The van der Waals surface area contributed by atoms with Crippen molar-refractivity contribution in [3.8, 4) is 0 Å². The molecule has 118 valence electrons. The molecule has 0 amide bonds. The van der Waals surface area contributed by atoms with Crippen LogP contribution in [0.3, 0.4) is 0 Å². The zero-order valence-electron chi connectivity index (χ0n) is 13.2. The minimum Gasteiger partial charge on any atom is -0.383 e. The number of hydrogen-bond donors (Lipinski definition) is 1. The second kappa shape index (κ2) is 6.34. The van der Waals surface area contributed by atoms with Gasteiger partial charge >= 0.3 is 0 Å². The number of anilines is 1. The summed E-state index contributed by atoms with van der Waals surface area (Å²) in [5.74, 6) is 1.24. The zero-order valence-corrected chi connectivity index (χ0v) is 15.4. The van der Waals surface area contributed by atoms with E-state index < -0.39 is 5.60 Å². The van der Waals surface area contributed by atoms with Gasteiger partial charge in [-0.25, -0.2) is 9.97 Å². The van der Waals surface area contributed by atoms with Crippen molar-refractivity contribution in [2.45, 2.75) is 51.6 Å². The highest BCUT2D eigenvalue weighted by molar-refractivity contribution is 14.1. The molecule has 21 heavy (non-hydrogen) atoms. The van der Waals surface area contributed by atoms with Crippen molar-refractivity contribution in [2.75, 3.05) is 25.6 Å². The molecule has 2 rings (SSSR count). The summed E-state index contributed by atoms with van der Waals surface area (Å²) in [5.41, 5.74) is 6.57. The Bertz CT molecular complexity index is 503. The molecule has 2 heterocycles. The Labute approximate surface area is 140 Å². The van der Waals surface area contributed by atoms with Crippen molar-refractivity contribution in [3.63, 3.8) is 0 Å². The molecule has 1 aromatic heterocycles. The largest absolute Gasteiger partial charge is 0.383 e. The van der Waals surface area contributed by atoms with Gasteiger partial charge in [0, 0.05) is 38.1 Å². The molecule has 2 N–H and O–H groups in total. The van der Waals surface area contributed by atoms with Crippen LogP contribution in [0.2, 0.25) is 0 Å². The molecule has 0 unspecified atom stereocenters. The molecule has 5 nitrogen and oxygen atoms in total. The lowest BCUT2D eigenvalue weighted by molar-refractivity contribution is -0.117. The van der Waals surface area contributed by atoms with Gasteiger partial charge in [0.15, 0.2) is 5.82 Å². The highest BCUT2D eigenvalue weighted by atomic mass is 127. The van der Waals surface area contributed by atoms with E-state index in [0.29, 0.717) is 31.5 Å². The molecule has 1 aliphatic heterocycles. The highest BCUT2D eigenvalue weighted by Crippen LogP contribution is 2.37. The van der Waals surface area contributed by atoms with Crippen LogP contribution in [0.1, 0.15) is 52.1 Å². The molecule has 1 aliphatic rings. The van der Waals surface area contributed by atoms with E-state index in [1.54, 1.807) is 0 Å². The number of hydrogen-bond acceptors (Lipinski definition) is 5. The maximum Gasteiger partial charge on any atom is 0.163 e. The van der Waals surface area contributed by atoms with Crippen molar-refractivity contribution in [1.29, 1.82) is 0 Å². The molecule has 0 radical (unpaired) electrons. The summed E-state index contributed by atoms with van der Waals surface area (Å²) in [4.78, 5) is 9.38. The van der Waals surface area contributed by atoms with Gasteiger partial charge in [0.05, 0.1) is 9.26 Å². The van der Waals surface area contributed by atoms with Crippen LogP contribution in [-0.2, 0) is 20.5 Å². The fourth-order valence-corrected chi connectivity index (χ4v) is 3.63. The lowest BCUT2D eigenvalue weighted by Gasteiger charge is -2.36. The third-order valence-electron chi connectivity index (χ3n) is 3.72. The first-order valence-electron chi connectivity index (χ1n) is 7.36. The molecule has 0 aliphatic carbocycles. The van der Waals surface area contributed by atoms with Gasteiger partial charge < -0.3 is 15.2 Å². The first kappa shape index (κ1) is 16.9.